The van der Waals surface area contributed by atoms with Crippen LogP contribution in [0.4, 0.5) is 10.7 Å². The highest BCUT2D eigenvalue weighted by atomic mass is 32.2. The van der Waals surface area contributed by atoms with Crippen molar-refractivity contribution >= 4 is 63.6 Å². The molecule has 0 radical (unpaired) electrons. The molecule has 6 rings (SSSR count). The van der Waals surface area contributed by atoms with Crippen LogP contribution in [0.5, 0.6) is 0 Å². The summed E-state index contributed by atoms with van der Waals surface area (Å²) in [7, 11) is 1.35. The zero-order valence-corrected chi connectivity index (χ0v) is 30.4. The molecular formula is C41H38N4O5S2. The van der Waals surface area contributed by atoms with Crippen LogP contribution in [0.2, 0.25) is 0 Å². The van der Waals surface area contributed by atoms with Crippen LogP contribution < -0.4 is 16.0 Å². The van der Waals surface area contributed by atoms with Crippen molar-refractivity contribution in [1.29, 1.82) is 0 Å². The monoisotopic (exact) mass is 730 g/mol. The minimum Gasteiger partial charge on any atom is -0.465 e. The van der Waals surface area contributed by atoms with E-state index in [1.165, 1.54) is 35.8 Å². The molecule has 2 heterocycles. The Hall–Kier alpha value is -5.49. The van der Waals surface area contributed by atoms with Crippen LogP contribution >= 0.6 is 23.1 Å². The van der Waals surface area contributed by atoms with Crippen molar-refractivity contribution in [2.24, 2.45) is 0 Å². The van der Waals surface area contributed by atoms with Crippen LogP contribution in [0, 0.1) is 6.92 Å². The highest BCUT2D eigenvalue weighted by Gasteiger charge is 2.29. The fraction of sp³-hybridized carbons (Fsp3) is 0.171. The number of hydrogen-bond donors (Lipinski definition) is 3. The highest BCUT2D eigenvalue weighted by molar-refractivity contribution is 8.00. The van der Waals surface area contributed by atoms with Crippen molar-refractivity contribution in [1.82, 2.24) is 10.2 Å². The summed E-state index contributed by atoms with van der Waals surface area (Å²) in [6, 6.07) is 33.7. The number of benzene rings is 4. The fourth-order valence-corrected chi connectivity index (χ4v) is 7.93. The number of amides is 3. The minimum atomic E-state index is -0.495. The lowest BCUT2D eigenvalue weighted by atomic mass is 10.0. The third-order valence-corrected chi connectivity index (χ3v) is 10.5. The van der Waals surface area contributed by atoms with E-state index in [9.17, 15) is 19.2 Å². The Morgan fingerprint density at radius 3 is 2.38 bits per heavy atom. The topological polar surface area (TPSA) is 117 Å². The van der Waals surface area contributed by atoms with Crippen molar-refractivity contribution in [3.63, 3.8) is 0 Å². The second kappa shape index (κ2) is 17.1. The van der Waals surface area contributed by atoms with Crippen molar-refractivity contribution in [3.05, 3.63) is 153 Å². The highest BCUT2D eigenvalue weighted by Crippen LogP contribution is 2.38. The number of fused-ring (bicyclic) bond motifs is 1. The van der Waals surface area contributed by atoms with E-state index in [0.29, 0.717) is 34.8 Å². The second-order valence-electron chi connectivity index (χ2n) is 12.3. The summed E-state index contributed by atoms with van der Waals surface area (Å²) in [5, 5.41) is 9.11. The maximum atomic E-state index is 13.6. The largest absolute Gasteiger partial charge is 0.465 e. The first kappa shape index (κ1) is 36.3. The summed E-state index contributed by atoms with van der Waals surface area (Å²) in [4.78, 5) is 56.8. The Kier molecular flexibility index (Phi) is 12.0. The van der Waals surface area contributed by atoms with Crippen LogP contribution in [0.1, 0.15) is 47.8 Å². The molecule has 264 valence electrons. The van der Waals surface area contributed by atoms with Gasteiger partial charge in [-0.25, -0.2) is 4.79 Å². The fourth-order valence-electron chi connectivity index (χ4n) is 5.88. The summed E-state index contributed by atoms with van der Waals surface area (Å²) in [5.41, 5.74) is 5.37. The van der Waals surface area contributed by atoms with E-state index in [0.717, 1.165) is 39.6 Å². The smallest absolute Gasteiger partial charge is 0.341 e. The molecule has 0 saturated heterocycles. The molecule has 0 atom stereocenters. The van der Waals surface area contributed by atoms with Gasteiger partial charge in [0.15, 0.2) is 0 Å². The zero-order chi connectivity index (χ0) is 36.5. The van der Waals surface area contributed by atoms with E-state index < -0.39 is 17.8 Å². The van der Waals surface area contributed by atoms with Crippen molar-refractivity contribution in [3.8, 4) is 0 Å². The van der Waals surface area contributed by atoms with E-state index in [2.05, 4.69) is 33.0 Å². The van der Waals surface area contributed by atoms with Crippen LogP contribution in [0.25, 0.3) is 6.08 Å². The molecule has 0 unspecified atom stereocenters. The molecule has 0 fully saturated rings. The van der Waals surface area contributed by atoms with E-state index in [1.807, 2.05) is 61.5 Å². The molecule has 0 spiro atoms. The van der Waals surface area contributed by atoms with Gasteiger partial charge in [0.25, 0.3) is 11.8 Å². The van der Waals surface area contributed by atoms with Gasteiger partial charge in [-0.05, 0) is 66.4 Å². The van der Waals surface area contributed by atoms with E-state index >= 15 is 0 Å². The summed E-state index contributed by atoms with van der Waals surface area (Å²) in [6.07, 6.45) is 2.32. The second-order valence-corrected chi connectivity index (χ2v) is 14.4. The van der Waals surface area contributed by atoms with Gasteiger partial charge in [-0.2, -0.15) is 0 Å². The zero-order valence-electron chi connectivity index (χ0n) is 28.8. The molecule has 1 aromatic heterocycles. The van der Waals surface area contributed by atoms with E-state index in [-0.39, 0.29) is 17.4 Å². The molecular weight excluding hydrogens is 693 g/mol. The van der Waals surface area contributed by atoms with E-state index in [1.54, 1.807) is 48.5 Å². The number of carbonyl (C=O) groups is 4. The summed E-state index contributed by atoms with van der Waals surface area (Å²) >= 11 is 2.72. The number of aryl methyl sites for hydroxylation is 1. The van der Waals surface area contributed by atoms with E-state index in [4.69, 9.17) is 4.74 Å². The summed E-state index contributed by atoms with van der Waals surface area (Å²) < 4.78 is 5.11. The number of methoxy groups -OCH3 is 1. The number of thioether (sulfide) groups is 1. The van der Waals surface area contributed by atoms with Gasteiger partial charge in [0.1, 0.15) is 10.7 Å². The third-order valence-electron chi connectivity index (χ3n) is 8.37. The number of hydrogen-bond acceptors (Lipinski definition) is 8. The Morgan fingerprint density at radius 2 is 1.63 bits per heavy atom. The van der Waals surface area contributed by atoms with Gasteiger partial charge < -0.3 is 20.7 Å². The summed E-state index contributed by atoms with van der Waals surface area (Å²) in [5.74, 6) is -1.55. The first-order valence-electron chi connectivity index (χ1n) is 16.7. The average Bonchev–Trinajstić information content (AvgIpc) is 3.51. The predicted molar refractivity (Wildman–Crippen MR) is 207 cm³/mol. The maximum absolute atomic E-state index is 13.6. The Labute approximate surface area is 311 Å². The first-order chi connectivity index (χ1) is 25.2. The van der Waals surface area contributed by atoms with Gasteiger partial charge >= 0.3 is 5.97 Å². The molecule has 4 aromatic carbocycles. The number of nitrogens with zero attached hydrogens (tertiary/aromatic N) is 1. The quantitative estimate of drug-likeness (QED) is 0.0690. The van der Waals surface area contributed by atoms with Crippen molar-refractivity contribution in [2.75, 3.05) is 30.0 Å². The van der Waals surface area contributed by atoms with Crippen LogP contribution in [-0.4, -0.2) is 48.0 Å². The number of carbonyl (C=O) groups excluding carboxylic acids is 4. The molecule has 9 nitrogen and oxygen atoms in total. The molecule has 0 saturated carbocycles. The lowest BCUT2D eigenvalue weighted by molar-refractivity contribution is -0.114. The van der Waals surface area contributed by atoms with Crippen LogP contribution in [-0.2, 0) is 33.8 Å². The maximum Gasteiger partial charge on any atom is 0.341 e. The van der Waals surface area contributed by atoms with Gasteiger partial charge in [-0.1, -0.05) is 84.4 Å². The lowest BCUT2D eigenvalue weighted by Crippen LogP contribution is -2.30. The van der Waals surface area contributed by atoms with Gasteiger partial charge in [0, 0.05) is 40.7 Å². The van der Waals surface area contributed by atoms with Crippen molar-refractivity contribution < 1.29 is 23.9 Å². The standard InChI is InChI=1S/C41H38N4O5S2/c1-27-11-9-14-29(21-27)22-34(43-38(47)30-15-7-4-8-16-30)39(48)42-31-17-10-18-32(23-31)51-26-36(46)44-40-37(41(49)50-2)33-19-20-45(25-35(33)52-40)24-28-12-5-3-6-13-28/h3-18,21-23H,19-20,24-26H2,1-2H3,(H,42,48)(H,43,47)(H,44,46)/b34-22+. The summed E-state index contributed by atoms with van der Waals surface area (Å²) in [6.45, 7) is 4.23. The molecule has 0 aliphatic carbocycles. The first-order valence-corrected chi connectivity index (χ1v) is 18.5. The third kappa shape index (κ3) is 9.43. The Morgan fingerprint density at radius 1 is 0.885 bits per heavy atom. The minimum absolute atomic E-state index is 0.0757. The van der Waals surface area contributed by atoms with Gasteiger partial charge in [0.2, 0.25) is 5.91 Å². The number of nitrogens with one attached hydrogen (secondary N) is 3. The molecule has 1 aliphatic rings. The number of ether oxygens (including phenoxy) is 1. The number of rotatable bonds is 12. The molecule has 52 heavy (non-hydrogen) atoms. The van der Waals surface area contributed by atoms with Gasteiger partial charge in [-0.15, -0.1) is 23.1 Å². The lowest BCUT2D eigenvalue weighted by Gasteiger charge is -2.27. The molecule has 3 amide bonds. The molecule has 1 aliphatic heterocycles. The Balaban J connectivity index is 1.11. The van der Waals surface area contributed by atoms with Crippen LogP contribution in [0.15, 0.2) is 120 Å². The van der Waals surface area contributed by atoms with Gasteiger partial charge in [0.05, 0.1) is 18.4 Å². The number of esters is 1. The van der Waals surface area contributed by atoms with Gasteiger partial charge in [-0.3, -0.25) is 19.3 Å². The number of anilines is 2. The Bertz CT molecular complexity index is 2110. The number of thiophene rings is 1. The molecule has 5 aromatic rings. The predicted octanol–water partition coefficient (Wildman–Crippen LogP) is 7.54. The SMILES string of the molecule is COC(=O)c1c(NC(=O)CSc2cccc(NC(=O)/C(=C\c3cccc(C)c3)NC(=O)c3ccccc3)c2)sc2c1CCN(Cc1ccccc1)C2. The average molecular weight is 731 g/mol. The van der Waals surface area contributed by atoms with Crippen molar-refractivity contribution in [2.45, 2.75) is 31.3 Å². The molecule has 0 bridgehead atoms. The van der Waals surface area contributed by atoms with Crippen LogP contribution in [0.3, 0.4) is 0 Å². The molecule has 3 N–H and O–H groups in total. The normalized spacial score (nSPS) is 12.8. The molecule has 11 heteroatoms.